The summed E-state index contributed by atoms with van der Waals surface area (Å²) in [6, 6.07) is 1.97. The molecular weight excluding hydrogens is 276 g/mol. The average molecular weight is 294 g/mol. The molecule has 0 bridgehead atoms. The number of hydrogen-bond acceptors (Lipinski definition) is 5. The van der Waals surface area contributed by atoms with Crippen molar-refractivity contribution in [2.24, 2.45) is 0 Å². The van der Waals surface area contributed by atoms with Crippen LogP contribution in [-0.4, -0.2) is 56.9 Å². The molecule has 0 aliphatic heterocycles. The predicted octanol–water partition coefficient (Wildman–Crippen LogP) is 1.48. The van der Waals surface area contributed by atoms with E-state index >= 15 is 0 Å². The molecule has 0 saturated carbocycles. The van der Waals surface area contributed by atoms with Crippen LogP contribution in [0.1, 0.15) is 5.56 Å². The number of carboxylic acid groups (broad SMARTS) is 1. The number of aromatic nitrogens is 3. The molecule has 7 heteroatoms. The Morgan fingerprint density at radius 3 is 2.90 bits per heavy atom. The van der Waals surface area contributed by atoms with E-state index in [1.165, 1.54) is 11.8 Å². The third-order valence-electron chi connectivity index (χ3n) is 2.78. The fourth-order valence-corrected chi connectivity index (χ4v) is 2.58. The zero-order chi connectivity index (χ0) is 14.7. The molecule has 2 heterocycles. The van der Waals surface area contributed by atoms with Crippen LogP contribution in [0.25, 0.3) is 11.2 Å². The molecule has 1 N–H and O–H groups in total. The van der Waals surface area contributed by atoms with E-state index in [1.807, 2.05) is 37.8 Å². The smallest absolute Gasteiger partial charge is 0.313 e. The third kappa shape index (κ3) is 3.49. The summed E-state index contributed by atoms with van der Waals surface area (Å²) in [7, 11) is 4.00. The molecule has 0 spiro atoms. The van der Waals surface area contributed by atoms with E-state index in [0.29, 0.717) is 5.16 Å². The minimum Gasteiger partial charge on any atom is -0.481 e. The maximum Gasteiger partial charge on any atom is 0.313 e. The van der Waals surface area contributed by atoms with Gasteiger partial charge in [-0.2, -0.15) is 0 Å². The highest BCUT2D eigenvalue weighted by molar-refractivity contribution is 7.99. The summed E-state index contributed by atoms with van der Waals surface area (Å²) in [6.45, 7) is 3.55. The molecule has 0 saturated heterocycles. The normalized spacial score (nSPS) is 11.4. The Hall–Kier alpha value is -1.60. The van der Waals surface area contributed by atoms with Crippen molar-refractivity contribution in [3.8, 4) is 0 Å². The van der Waals surface area contributed by atoms with Gasteiger partial charge in [0, 0.05) is 19.3 Å². The van der Waals surface area contributed by atoms with Crippen molar-refractivity contribution in [1.82, 2.24) is 19.4 Å². The van der Waals surface area contributed by atoms with Crippen molar-refractivity contribution in [3.05, 3.63) is 17.8 Å². The largest absolute Gasteiger partial charge is 0.481 e. The maximum atomic E-state index is 10.7. The van der Waals surface area contributed by atoms with Gasteiger partial charge in [-0.15, -0.1) is 0 Å². The van der Waals surface area contributed by atoms with Gasteiger partial charge in [-0.25, -0.2) is 9.97 Å². The quantitative estimate of drug-likeness (QED) is 0.814. The number of carbonyl (C=O) groups is 1. The van der Waals surface area contributed by atoms with Crippen LogP contribution in [0, 0.1) is 6.92 Å². The average Bonchev–Trinajstić information content (AvgIpc) is 2.70. The maximum absolute atomic E-state index is 10.7. The number of imidazole rings is 1. The second-order valence-corrected chi connectivity index (χ2v) is 5.83. The van der Waals surface area contributed by atoms with E-state index in [-0.39, 0.29) is 5.75 Å². The standard InChI is InChI=1S/C13H18N4O2S/c1-9-6-10-12(14-7-9)17(5-4-16(2)3)13(15-10)20-8-11(18)19/h6-7H,4-5,8H2,1-3H3,(H,18,19). The molecule has 0 fully saturated rings. The Morgan fingerprint density at radius 2 is 2.25 bits per heavy atom. The van der Waals surface area contributed by atoms with Gasteiger partial charge in [0.15, 0.2) is 10.8 Å². The Balaban J connectivity index is 2.36. The Labute approximate surface area is 121 Å². The topological polar surface area (TPSA) is 71.2 Å². The van der Waals surface area contributed by atoms with E-state index < -0.39 is 5.97 Å². The SMILES string of the molecule is Cc1cnc2c(c1)nc(SCC(=O)O)n2CCN(C)C. The zero-order valence-electron chi connectivity index (χ0n) is 11.8. The molecule has 2 aromatic rings. The van der Waals surface area contributed by atoms with Crippen LogP contribution < -0.4 is 0 Å². The number of rotatable bonds is 6. The highest BCUT2D eigenvalue weighted by Crippen LogP contribution is 2.23. The first kappa shape index (κ1) is 14.8. The Bertz CT molecular complexity index is 624. The van der Waals surface area contributed by atoms with E-state index in [2.05, 4.69) is 14.9 Å². The lowest BCUT2D eigenvalue weighted by Crippen LogP contribution is -2.19. The highest BCUT2D eigenvalue weighted by Gasteiger charge is 2.14. The van der Waals surface area contributed by atoms with Gasteiger partial charge in [-0.05, 0) is 32.6 Å². The first-order valence-corrected chi connectivity index (χ1v) is 7.28. The van der Waals surface area contributed by atoms with Crippen molar-refractivity contribution in [2.45, 2.75) is 18.6 Å². The Kier molecular flexibility index (Phi) is 4.61. The minimum atomic E-state index is -0.842. The lowest BCUT2D eigenvalue weighted by Gasteiger charge is -2.12. The number of pyridine rings is 1. The molecule has 0 aliphatic carbocycles. The predicted molar refractivity (Wildman–Crippen MR) is 79.2 cm³/mol. The lowest BCUT2D eigenvalue weighted by atomic mass is 10.3. The molecule has 6 nitrogen and oxygen atoms in total. The molecule has 0 aromatic carbocycles. The summed E-state index contributed by atoms with van der Waals surface area (Å²) in [5.74, 6) is -0.838. The van der Waals surface area contributed by atoms with Crippen molar-refractivity contribution >= 4 is 28.9 Å². The number of aryl methyl sites for hydroxylation is 1. The highest BCUT2D eigenvalue weighted by atomic mass is 32.2. The van der Waals surface area contributed by atoms with E-state index in [4.69, 9.17) is 5.11 Å². The Morgan fingerprint density at radius 1 is 1.50 bits per heavy atom. The molecule has 0 atom stereocenters. The molecule has 0 aliphatic rings. The number of likely N-dealkylation sites (N-methyl/N-ethyl adjacent to an activating group) is 1. The first-order valence-electron chi connectivity index (χ1n) is 6.29. The number of carboxylic acids is 1. The summed E-state index contributed by atoms with van der Waals surface area (Å²) in [4.78, 5) is 21.7. The van der Waals surface area contributed by atoms with Gasteiger partial charge in [0.05, 0.1) is 5.75 Å². The summed E-state index contributed by atoms with van der Waals surface area (Å²) in [5.41, 5.74) is 2.67. The molecule has 0 radical (unpaired) electrons. The van der Waals surface area contributed by atoms with Crippen LogP contribution in [0.5, 0.6) is 0 Å². The van der Waals surface area contributed by atoms with Crippen LogP contribution in [0.2, 0.25) is 0 Å². The van der Waals surface area contributed by atoms with E-state index in [9.17, 15) is 4.79 Å². The van der Waals surface area contributed by atoms with Crippen LogP contribution in [0.15, 0.2) is 17.4 Å². The molecule has 20 heavy (non-hydrogen) atoms. The van der Waals surface area contributed by atoms with Gasteiger partial charge >= 0.3 is 5.97 Å². The van der Waals surface area contributed by atoms with E-state index in [0.717, 1.165) is 29.8 Å². The summed E-state index contributed by atoms with van der Waals surface area (Å²) in [5, 5.41) is 9.53. The summed E-state index contributed by atoms with van der Waals surface area (Å²) >= 11 is 1.23. The zero-order valence-corrected chi connectivity index (χ0v) is 12.6. The van der Waals surface area contributed by atoms with Crippen molar-refractivity contribution in [1.29, 1.82) is 0 Å². The number of aliphatic carboxylic acids is 1. The van der Waals surface area contributed by atoms with Crippen molar-refractivity contribution in [2.75, 3.05) is 26.4 Å². The monoisotopic (exact) mass is 294 g/mol. The number of hydrogen-bond donors (Lipinski definition) is 1. The first-order chi connectivity index (χ1) is 9.47. The lowest BCUT2D eigenvalue weighted by molar-refractivity contribution is -0.133. The second kappa shape index (κ2) is 6.23. The van der Waals surface area contributed by atoms with E-state index in [1.54, 1.807) is 0 Å². The van der Waals surface area contributed by atoms with Crippen LogP contribution >= 0.6 is 11.8 Å². The molecule has 0 unspecified atom stereocenters. The second-order valence-electron chi connectivity index (χ2n) is 4.89. The molecular formula is C13H18N4O2S. The van der Waals surface area contributed by atoms with Gasteiger partial charge in [-0.1, -0.05) is 11.8 Å². The molecule has 2 aromatic heterocycles. The molecule has 108 valence electrons. The fraction of sp³-hybridized carbons (Fsp3) is 0.462. The van der Waals surface area contributed by atoms with Crippen LogP contribution in [0.3, 0.4) is 0 Å². The van der Waals surface area contributed by atoms with Crippen molar-refractivity contribution < 1.29 is 9.90 Å². The molecule has 0 amide bonds. The summed E-state index contributed by atoms with van der Waals surface area (Å²) in [6.07, 6.45) is 1.81. The van der Waals surface area contributed by atoms with Gasteiger partial charge < -0.3 is 14.6 Å². The number of fused-ring (bicyclic) bond motifs is 1. The fourth-order valence-electron chi connectivity index (χ4n) is 1.83. The van der Waals surface area contributed by atoms with Crippen LogP contribution in [0.4, 0.5) is 0 Å². The van der Waals surface area contributed by atoms with Gasteiger partial charge in [-0.3, -0.25) is 4.79 Å². The van der Waals surface area contributed by atoms with Crippen LogP contribution in [-0.2, 0) is 11.3 Å². The number of thioether (sulfide) groups is 1. The van der Waals surface area contributed by atoms with Crippen molar-refractivity contribution in [3.63, 3.8) is 0 Å². The summed E-state index contributed by atoms with van der Waals surface area (Å²) < 4.78 is 1.99. The van der Waals surface area contributed by atoms with Gasteiger partial charge in [0.1, 0.15) is 5.52 Å². The minimum absolute atomic E-state index is 0.00423. The third-order valence-corrected chi connectivity index (χ3v) is 3.74. The molecule has 2 rings (SSSR count). The van der Waals surface area contributed by atoms with Gasteiger partial charge in [0.2, 0.25) is 0 Å². The number of nitrogens with zero attached hydrogens (tertiary/aromatic N) is 4. The van der Waals surface area contributed by atoms with Gasteiger partial charge in [0.25, 0.3) is 0 Å².